The van der Waals surface area contributed by atoms with Gasteiger partial charge in [-0.1, -0.05) is 200 Å². The Bertz CT molecular complexity index is 4190. The number of para-hydroxylation sites is 3. The van der Waals surface area contributed by atoms with E-state index in [1.165, 1.54) is 65.2 Å². The maximum absolute atomic E-state index is 5.54. The predicted octanol–water partition coefficient (Wildman–Crippen LogP) is 14.4. The van der Waals surface area contributed by atoms with Crippen molar-refractivity contribution in [2.75, 3.05) is 0 Å². The molecule has 6 heteroatoms. The van der Waals surface area contributed by atoms with Crippen LogP contribution in [0.15, 0.2) is 237 Å². The van der Waals surface area contributed by atoms with Crippen LogP contribution in [0.3, 0.4) is 0 Å². The van der Waals surface area contributed by atoms with E-state index in [2.05, 4.69) is 246 Å². The first-order valence-corrected chi connectivity index (χ1v) is 26.3. The lowest BCUT2D eigenvalue weighted by molar-refractivity contribution is 1.07. The van der Waals surface area contributed by atoms with Crippen LogP contribution in [0.2, 0.25) is 6.55 Å². The van der Waals surface area contributed by atoms with Gasteiger partial charge >= 0.3 is 0 Å². The van der Waals surface area contributed by atoms with Crippen LogP contribution in [0.25, 0.3) is 123 Å². The molecule has 10 aromatic carbocycles. The summed E-state index contributed by atoms with van der Waals surface area (Å²) in [6.45, 7) is 2.43. The highest BCUT2D eigenvalue weighted by Gasteiger charge is 2.30. The van der Waals surface area contributed by atoms with Crippen molar-refractivity contribution < 1.29 is 0 Å². The number of aromatic nitrogens is 5. The Morgan fingerprint density at radius 3 is 1.51 bits per heavy atom. The molecule has 1 aliphatic heterocycles. The molecule has 4 heterocycles. The molecular formula is C64H43N5Si. The summed E-state index contributed by atoms with van der Waals surface area (Å²) in [4.78, 5) is 16.3. The molecule has 0 spiro atoms. The second-order valence-corrected chi connectivity index (χ2v) is 21.0. The predicted molar refractivity (Wildman–Crippen MR) is 293 cm³/mol. The minimum atomic E-state index is -1.41. The molecule has 70 heavy (non-hydrogen) atoms. The van der Waals surface area contributed by atoms with Gasteiger partial charge in [0.25, 0.3) is 0 Å². The molecule has 0 saturated carbocycles. The van der Waals surface area contributed by atoms with Gasteiger partial charge in [0.2, 0.25) is 0 Å². The third kappa shape index (κ3) is 6.20. The van der Waals surface area contributed by atoms with Gasteiger partial charge in [-0.2, -0.15) is 0 Å². The van der Waals surface area contributed by atoms with Gasteiger partial charge in [0.15, 0.2) is 17.5 Å². The molecule has 0 amide bonds. The molecule has 0 bridgehead atoms. The highest BCUT2D eigenvalue weighted by molar-refractivity contribution is 6.88. The number of nitrogens with zero attached hydrogens (tertiary/aromatic N) is 5. The Kier molecular flexibility index (Phi) is 9.22. The smallest absolute Gasteiger partial charge is 0.166 e. The first-order valence-electron chi connectivity index (χ1n) is 24.0. The van der Waals surface area contributed by atoms with Gasteiger partial charge < -0.3 is 9.13 Å². The van der Waals surface area contributed by atoms with Crippen LogP contribution in [0, 0.1) is 0 Å². The fourth-order valence-electron chi connectivity index (χ4n) is 11.3. The van der Waals surface area contributed by atoms with E-state index in [0.717, 1.165) is 50.2 Å². The fraction of sp³-hybridized carbons (Fsp3) is 0.0156. The van der Waals surface area contributed by atoms with Crippen LogP contribution in [-0.4, -0.2) is 32.9 Å². The molecule has 0 radical (unpaired) electrons. The van der Waals surface area contributed by atoms with Crippen molar-refractivity contribution in [2.45, 2.75) is 6.55 Å². The molecule has 1 atom stereocenters. The van der Waals surface area contributed by atoms with Crippen molar-refractivity contribution in [3.8, 4) is 78.9 Å². The second-order valence-electron chi connectivity index (χ2n) is 18.3. The Balaban J connectivity index is 1.05. The zero-order chi connectivity index (χ0) is 46.3. The van der Waals surface area contributed by atoms with Crippen LogP contribution in [0.5, 0.6) is 0 Å². The number of benzene rings is 10. The largest absolute Gasteiger partial charge is 0.309 e. The SMILES string of the molecule is C[SiH]1c2ccccc2-c2c(-c3nc(-c4ccccc4)nc(-c4ccc(-c5ccccc5)cc4-n4c5ccccc5c5c(-c6cccc7c6c6ccccc6n7-c6ccccc6)cccc54)n3)cccc21. The van der Waals surface area contributed by atoms with Crippen molar-refractivity contribution in [3.05, 3.63) is 237 Å². The van der Waals surface area contributed by atoms with Gasteiger partial charge in [0.05, 0.1) is 27.8 Å². The minimum Gasteiger partial charge on any atom is -0.309 e. The first-order chi connectivity index (χ1) is 34.7. The molecule has 1 unspecified atom stereocenters. The maximum Gasteiger partial charge on any atom is 0.166 e. The van der Waals surface area contributed by atoms with E-state index in [9.17, 15) is 0 Å². The van der Waals surface area contributed by atoms with Crippen LogP contribution in [0.4, 0.5) is 0 Å². The van der Waals surface area contributed by atoms with Gasteiger partial charge in [0.1, 0.15) is 8.80 Å². The normalized spacial score (nSPS) is 13.1. The molecule has 0 fully saturated rings. The standard InChI is InChI=1S/C64H43N5Si/c1-70-57-36-16-13-28-50(57)61-51(31-19-37-58(61)70)64-66-62(42-22-7-3-8-23-42)65-63(67-64)49-39-38-43(41-20-5-2-6-21-41)40-56(49)69-53-33-15-12-27-48(53)60-46(30-18-35-55(60)69)45-29-17-34-54-59(45)47-26-11-14-32-52(47)68(54)44-24-9-4-10-25-44/h2-40,70H,1H3. The summed E-state index contributed by atoms with van der Waals surface area (Å²) in [6.07, 6.45) is 0. The lowest BCUT2D eigenvalue weighted by atomic mass is 9.95. The van der Waals surface area contributed by atoms with E-state index < -0.39 is 8.80 Å². The lowest BCUT2D eigenvalue weighted by Crippen LogP contribution is -2.34. The number of hydrogen-bond donors (Lipinski definition) is 0. The van der Waals surface area contributed by atoms with Gasteiger partial charge in [-0.15, -0.1) is 0 Å². The molecule has 3 aromatic heterocycles. The Hall–Kier alpha value is -8.97. The summed E-state index contributed by atoms with van der Waals surface area (Å²) >= 11 is 0. The summed E-state index contributed by atoms with van der Waals surface area (Å²) in [5, 5.41) is 7.71. The molecular weight excluding hydrogens is 867 g/mol. The maximum atomic E-state index is 5.54. The fourth-order valence-corrected chi connectivity index (χ4v) is 13.9. The van der Waals surface area contributed by atoms with Gasteiger partial charge in [0, 0.05) is 43.9 Å². The third-order valence-electron chi connectivity index (χ3n) is 14.5. The molecule has 0 aliphatic carbocycles. The van der Waals surface area contributed by atoms with E-state index >= 15 is 0 Å². The monoisotopic (exact) mass is 909 g/mol. The van der Waals surface area contributed by atoms with E-state index in [0.29, 0.717) is 17.5 Å². The van der Waals surface area contributed by atoms with E-state index in [1.54, 1.807) is 0 Å². The third-order valence-corrected chi connectivity index (χ3v) is 17.3. The summed E-state index contributed by atoms with van der Waals surface area (Å²) < 4.78 is 4.84. The summed E-state index contributed by atoms with van der Waals surface area (Å²) in [7, 11) is -1.41. The number of rotatable bonds is 7. The van der Waals surface area contributed by atoms with Crippen LogP contribution >= 0.6 is 0 Å². The van der Waals surface area contributed by atoms with Gasteiger partial charge in [-0.3, -0.25) is 0 Å². The minimum absolute atomic E-state index is 0.619. The van der Waals surface area contributed by atoms with E-state index in [4.69, 9.17) is 15.0 Å². The average Bonchev–Trinajstić information content (AvgIpc) is 4.07. The van der Waals surface area contributed by atoms with Gasteiger partial charge in [-0.05, 0) is 87.1 Å². The summed E-state index contributed by atoms with van der Waals surface area (Å²) in [5.74, 6) is 1.93. The summed E-state index contributed by atoms with van der Waals surface area (Å²) in [6, 6.07) is 85.2. The highest BCUT2D eigenvalue weighted by atomic mass is 28.3. The first kappa shape index (κ1) is 40.1. The van der Waals surface area contributed by atoms with Crippen LogP contribution in [0.1, 0.15) is 0 Å². The van der Waals surface area contributed by atoms with Gasteiger partial charge in [-0.25, -0.2) is 15.0 Å². The highest BCUT2D eigenvalue weighted by Crippen LogP contribution is 2.45. The van der Waals surface area contributed by atoms with Crippen LogP contribution < -0.4 is 10.4 Å². The Morgan fingerprint density at radius 2 is 0.814 bits per heavy atom. The lowest BCUT2D eigenvalue weighted by Gasteiger charge is -2.17. The molecule has 1 aliphatic rings. The Labute approximate surface area is 406 Å². The number of hydrogen-bond acceptors (Lipinski definition) is 3. The zero-order valence-corrected chi connectivity index (χ0v) is 39.5. The Morgan fingerprint density at radius 1 is 0.329 bits per heavy atom. The zero-order valence-electron chi connectivity index (χ0n) is 38.3. The topological polar surface area (TPSA) is 48.5 Å². The van der Waals surface area contributed by atoms with Crippen molar-refractivity contribution in [1.29, 1.82) is 0 Å². The van der Waals surface area contributed by atoms with Crippen LogP contribution in [-0.2, 0) is 0 Å². The molecule has 14 rings (SSSR count). The molecule has 13 aromatic rings. The summed E-state index contributed by atoms with van der Waals surface area (Å²) in [5.41, 5.74) is 16.7. The van der Waals surface area contributed by atoms with E-state index in [1.807, 2.05) is 6.07 Å². The van der Waals surface area contributed by atoms with E-state index in [-0.39, 0.29) is 0 Å². The average molecular weight is 910 g/mol. The number of fused-ring (bicyclic) bond motifs is 9. The van der Waals surface area contributed by atoms with Crippen molar-refractivity contribution >= 4 is 62.8 Å². The van der Waals surface area contributed by atoms with Crippen molar-refractivity contribution in [3.63, 3.8) is 0 Å². The molecule has 5 nitrogen and oxygen atoms in total. The second kappa shape index (κ2) is 16.1. The quantitative estimate of drug-likeness (QED) is 0.150. The van der Waals surface area contributed by atoms with Crippen molar-refractivity contribution in [2.24, 2.45) is 0 Å². The molecule has 0 N–H and O–H groups in total. The van der Waals surface area contributed by atoms with Crippen molar-refractivity contribution in [1.82, 2.24) is 24.1 Å². The molecule has 0 saturated heterocycles. The molecule has 328 valence electrons.